The number of hydrogen-bond acceptors (Lipinski definition) is 4. The van der Waals surface area contributed by atoms with Crippen LogP contribution < -0.4 is 14.8 Å². The van der Waals surface area contributed by atoms with Crippen LogP contribution in [0.4, 0.5) is 0 Å². The predicted octanol–water partition coefficient (Wildman–Crippen LogP) is 3.78. The first-order valence-corrected chi connectivity index (χ1v) is 8.03. The Hall–Kier alpha value is -2.01. The fourth-order valence-corrected chi connectivity index (χ4v) is 2.76. The number of ether oxygens (including phenoxy) is 2. The first-order valence-electron chi connectivity index (χ1n) is 7.15. The van der Waals surface area contributed by atoms with Gasteiger partial charge in [0.25, 0.3) is 5.91 Å². The predicted molar refractivity (Wildman–Crippen MR) is 89.0 cm³/mol. The Morgan fingerprint density at radius 3 is 2.73 bits per heavy atom. The lowest BCUT2D eigenvalue weighted by Crippen LogP contribution is -2.29. The van der Waals surface area contributed by atoms with Gasteiger partial charge in [-0.25, -0.2) is 0 Å². The number of benzene rings is 1. The number of hydrogen-bond donors (Lipinski definition) is 1. The summed E-state index contributed by atoms with van der Waals surface area (Å²) in [5.74, 6) is 1.37. The second-order valence-electron chi connectivity index (χ2n) is 5.39. The van der Waals surface area contributed by atoms with Crippen LogP contribution in [0, 0.1) is 6.92 Å². The second-order valence-corrected chi connectivity index (χ2v) is 6.30. The molecule has 0 unspecified atom stereocenters. The van der Waals surface area contributed by atoms with E-state index in [1.54, 1.807) is 7.11 Å². The molecule has 1 N–H and O–H groups in total. The van der Waals surface area contributed by atoms with Crippen molar-refractivity contribution in [3.05, 3.63) is 45.6 Å². The minimum atomic E-state index is -0.0424. The highest BCUT2D eigenvalue weighted by molar-refractivity contribution is 7.12. The minimum absolute atomic E-state index is 0.0424. The maximum atomic E-state index is 11.9. The maximum absolute atomic E-state index is 11.9. The molecule has 0 fully saturated rings. The Bertz CT molecular complexity index is 649. The maximum Gasteiger partial charge on any atom is 0.261 e. The van der Waals surface area contributed by atoms with Crippen LogP contribution >= 0.6 is 11.3 Å². The summed E-state index contributed by atoms with van der Waals surface area (Å²) in [6.07, 6.45) is 0. The third kappa shape index (κ3) is 4.24. The molecule has 1 amide bonds. The van der Waals surface area contributed by atoms with Crippen LogP contribution in [-0.4, -0.2) is 19.1 Å². The van der Waals surface area contributed by atoms with Gasteiger partial charge in [-0.3, -0.25) is 4.79 Å². The van der Waals surface area contributed by atoms with Gasteiger partial charge in [-0.2, -0.15) is 0 Å². The van der Waals surface area contributed by atoms with Gasteiger partial charge in [0.2, 0.25) is 0 Å². The summed E-state index contributed by atoms with van der Waals surface area (Å²) in [6.45, 7) is 6.30. The SMILES string of the molecule is COc1cc(C)ccc1OCc1csc(C(=O)NC(C)C)c1. The van der Waals surface area contributed by atoms with E-state index in [0.29, 0.717) is 23.0 Å². The highest BCUT2D eigenvalue weighted by Crippen LogP contribution is 2.29. The van der Waals surface area contributed by atoms with Gasteiger partial charge in [0.05, 0.1) is 12.0 Å². The lowest BCUT2D eigenvalue weighted by atomic mass is 10.2. The first-order chi connectivity index (χ1) is 10.5. The molecule has 0 aliphatic carbocycles. The first kappa shape index (κ1) is 16.4. The normalized spacial score (nSPS) is 10.6. The number of methoxy groups -OCH3 is 1. The summed E-state index contributed by atoms with van der Waals surface area (Å²) in [7, 11) is 1.63. The van der Waals surface area contributed by atoms with Crippen LogP contribution in [-0.2, 0) is 6.61 Å². The molecule has 1 heterocycles. The summed E-state index contributed by atoms with van der Waals surface area (Å²) >= 11 is 1.42. The van der Waals surface area contributed by atoms with E-state index < -0.39 is 0 Å². The van der Waals surface area contributed by atoms with Crippen LogP contribution in [0.25, 0.3) is 0 Å². The average molecular weight is 319 g/mol. The molecule has 0 saturated carbocycles. The molecule has 2 aromatic rings. The Labute approximate surface area is 135 Å². The number of carbonyl (C=O) groups is 1. The van der Waals surface area contributed by atoms with Crippen molar-refractivity contribution < 1.29 is 14.3 Å². The van der Waals surface area contributed by atoms with Gasteiger partial charge in [0.1, 0.15) is 6.61 Å². The van der Waals surface area contributed by atoms with Crippen molar-refractivity contribution in [2.45, 2.75) is 33.4 Å². The standard InChI is InChI=1S/C17H21NO3S/c1-11(2)18-17(19)16-8-13(10-22-16)9-21-14-6-5-12(3)7-15(14)20-4/h5-8,10-11H,9H2,1-4H3,(H,18,19). The summed E-state index contributed by atoms with van der Waals surface area (Å²) in [5, 5.41) is 4.82. The molecule has 2 rings (SSSR count). The van der Waals surface area contributed by atoms with E-state index in [0.717, 1.165) is 11.1 Å². The number of thiophene rings is 1. The molecule has 0 aliphatic rings. The highest BCUT2D eigenvalue weighted by atomic mass is 32.1. The van der Waals surface area contributed by atoms with Gasteiger partial charge < -0.3 is 14.8 Å². The van der Waals surface area contributed by atoms with Crippen LogP contribution in [0.3, 0.4) is 0 Å². The Balaban J connectivity index is 2.01. The molecule has 1 aromatic heterocycles. The molecule has 118 valence electrons. The molecule has 22 heavy (non-hydrogen) atoms. The van der Waals surface area contributed by atoms with Crippen molar-refractivity contribution in [1.82, 2.24) is 5.32 Å². The quantitative estimate of drug-likeness (QED) is 0.881. The zero-order chi connectivity index (χ0) is 16.1. The van der Waals surface area contributed by atoms with Crippen LogP contribution in [0.5, 0.6) is 11.5 Å². The van der Waals surface area contributed by atoms with E-state index >= 15 is 0 Å². The molecule has 0 radical (unpaired) electrons. The van der Waals surface area contributed by atoms with Gasteiger partial charge in [-0.1, -0.05) is 6.07 Å². The van der Waals surface area contributed by atoms with E-state index in [-0.39, 0.29) is 11.9 Å². The third-order valence-electron chi connectivity index (χ3n) is 3.01. The monoisotopic (exact) mass is 319 g/mol. The van der Waals surface area contributed by atoms with Crippen molar-refractivity contribution in [3.63, 3.8) is 0 Å². The molecule has 4 nitrogen and oxygen atoms in total. The Kier molecular flexibility index (Phi) is 5.44. The van der Waals surface area contributed by atoms with E-state index in [4.69, 9.17) is 9.47 Å². The Morgan fingerprint density at radius 1 is 1.27 bits per heavy atom. The largest absolute Gasteiger partial charge is 0.493 e. The number of carbonyl (C=O) groups excluding carboxylic acids is 1. The lowest BCUT2D eigenvalue weighted by molar-refractivity contribution is 0.0947. The summed E-state index contributed by atoms with van der Waals surface area (Å²) < 4.78 is 11.1. The van der Waals surface area contributed by atoms with Crippen molar-refractivity contribution in [2.75, 3.05) is 7.11 Å². The Morgan fingerprint density at radius 2 is 2.05 bits per heavy atom. The van der Waals surface area contributed by atoms with Gasteiger partial charge >= 0.3 is 0 Å². The van der Waals surface area contributed by atoms with Crippen molar-refractivity contribution in [1.29, 1.82) is 0 Å². The van der Waals surface area contributed by atoms with Crippen molar-refractivity contribution >= 4 is 17.2 Å². The second kappa shape index (κ2) is 7.31. The van der Waals surface area contributed by atoms with Gasteiger partial charge in [0, 0.05) is 11.6 Å². The molecule has 0 aliphatic heterocycles. The summed E-state index contributed by atoms with van der Waals surface area (Å²) in [6, 6.07) is 7.80. The topological polar surface area (TPSA) is 47.6 Å². The molecule has 0 bridgehead atoms. The lowest BCUT2D eigenvalue weighted by Gasteiger charge is -2.10. The van der Waals surface area contributed by atoms with Gasteiger partial charge in [-0.05, 0) is 49.9 Å². The van der Waals surface area contributed by atoms with Crippen LogP contribution in [0.1, 0.15) is 34.6 Å². The number of aryl methyl sites for hydroxylation is 1. The van der Waals surface area contributed by atoms with E-state index in [1.165, 1.54) is 11.3 Å². The minimum Gasteiger partial charge on any atom is -0.493 e. The van der Waals surface area contributed by atoms with Crippen LogP contribution in [0.15, 0.2) is 29.6 Å². The van der Waals surface area contributed by atoms with Crippen molar-refractivity contribution in [3.8, 4) is 11.5 Å². The molecular weight excluding hydrogens is 298 g/mol. The molecule has 5 heteroatoms. The van der Waals surface area contributed by atoms with E-state index in [2.05, 4.69) is 5.32 Å². The van der Waals surface area contributed by atoms with E-state index in [1.807, 2.05) is 50.4 Å². The zero-order valence-electron chi connectivity index (χ0n) is 13.3. The summed E-state index contributed by atoms with van der Waals surface area (Å²) in [5.41, 5.74) is 2.09. The zero-order valence-corrected chi connectivity index (χ0v) is 14.1. The van der Waals surface area contributed by atoms with Crippen LogP contribution in [0.2, 0.25) is 0 Å². The van der Waals surface area contributed by atoms with Crippen molar-refractivity contribution in [2.24, 2.45) is 0 Å². The number of nitrogens with one attached hydrogen (secondary N) is 1. The third-order valence-corrected chi connectivity index (χ3v) is 3.99. The molecule has 0 saturated heterocycles. The number of amides is 1. The highest BCUT2D eigenvalue weighted by Gasteiger charge is 2.11. The fourth-order valence-electron chi connectivity index (χ4n) is 1.96. The van der Waals surface area contributed by atoms with Gasteiger partial charge in [0.15, 0.2) is 11.5 Å². The molecule has 0 spiro atoms. The summed E-state index contributed by atoms with van der Waals surface area (Å²) in [4.78, 5) is 12.6. The molecule has 1 aromatic carbocycles. The molecule has 0 atom stereocenters. The number of rotatable bonds is 6. The smallest absolute Gasteiger partial charge is 0.261 e. The average Bonchev–Trinajstić information content (AvgIpc) is 2.94. The molecular formula is C17H21NO3S. The van der Waals surface area contributed by atoms with E-state index in [9.17, 15) is 4.79 Å². The fraction of sp³-hybridized carbons (Fsp3) is 0.353. The van der Waals surface area contributed by atoms with Gasteiger partial charge in [-0.15, -0.1) is 11.3 Å².